The van der Waals surface area contributed by atoms with Gasteiger partial charge in [0.15, 0.2) is 0 Å². The maximum Gasteiger partial charge on any atom is 0.124 e. The minimum atomic E-state index is 0.369. The van der Waals surface area contributed by atoms with Gasteiger partial charge in [-0.1, -0.05) is 39.0 Å². The van der Waals surface area contributed by atoms with Gasteiger partial charge in [-0.3, -0.25) is 0 Å². The molecular formula is C18H32N2O. The quantitative estimate of drug-likeness (QED) is 0.670. The Bertz CT molecular complexity index is 377. The van der Waals surface area contributed by atoms with Crippen LogP contribution in [0.5, 0.6) is 5.75 Å². The topological polar surface area (TPSA) is 24.5 Å². The molecule has 3 heteroatoms. The summed E-state index contributed by atoms with van der Waals surface area (Å²) in [7, 11) is 0. The van der Waals surface area contributed by atoms with Crippen LogP contribution in [-0.4, -0.2) is 37.7 Å². The fraction of sp³-hybridized carbons (Fsp3) is 0.667. The largest absolute Gasteiger partial charge is 0.494 e. The summed E-state index contributed by atoms with van der Waals surface area (Å²) < 4.78 is 5.80. The third-order valence-corrected chi connectivity index (χ3v) is 3.86. The van der Waals surface area contributed by atoms with Gasteiger partial charge in [-0.15, -0.1) is 0 Å². The van der Waals surface area contributed by atoms with Crippen molar-refractivity contribution < 1.29 is 4.74 Å². The molecule has 1 aromatic rings. The Labute approximate surface area is 130 Å². The maximum atomic E-state index is 5.80. The number of ether oxygens (including phenoxy) is 1. The molecule has 0 saturated carbocycles. The Hall–Kier alpha value is -1.06. The zero-order valence-electron chi connectivity index (χ0n) is 14.2. The van der Waals surface area contributed by atoms with E-state index in [1.54, 1.807) is 0 Å². The fourth-order valence-corrected chi connectivity index (χ4v) is 2.59. The van der Waals surface area contributed by atoms with Crippen molar-refractivity contribution in [3.05, 3.63) is 29.8 Å². The first-order valence-electron chi connectivity index (χ1n) is 8.44. The molecule has 1 aromatic carbocycles. The van der Waals surface area contributed by atoms with Crippen molar-refractivity contribution in [1.29, 1.82) is 0 Å². The van der Waals surface area contributed by atoms with E-state index in [1.165, 1.54) is 5.56 Å². The van der Waals surface area contributed by atoms with Gasteiger partial charge in [0.2, 0.25) is 0 Å². The molecule has 120 valence electrons. The van der Waals surface area contributed by atoms with E-state index >= 15 is 0 Å². The second-order valence-electron chi connectivity index (χ2n) is 5.29. The number of hydrogen-bond acceptors (Lipinski definition) is 3. The lowest BCUT2D eigenvalue weighted by Gasteiger charge is -2.25. The highest BCUT2D eigenvalue weighted by molar-refractivity contribution is 5.36. The second-order valence-corrected chi connectivity index (χ2v) is 5.29. The summed E-state index contributed by atoms with van der Waals surface area (Å²) in [6.07, 6.45) is 2.27. The zero-order valence-corrected chi connectivity index (χ0v) is 14.2. The highest BCUT2D eigenvalue weighted by Crippen LogP contribution is 2.27. The molecule has 0 radical (unpaired) electrons. The van der Waals surface area contributed by atoms with Gasteiger partial charge >= 0.3 is 0 Å². The Balaban J connectivity index is 2.80. The Morgan fingerprint density at radius 2 is 1.81 bits per heavy atom. The molecular weight excluding hydrogens is 260 g/mol. The predicted octanol–water partition coefficient (Wildman–Crippen LogP) is 3.86. The molecule has 0 heterocycles. The van der Waals surface area contributed by atoms with Crippen molar-refractivity contribution in [2.45, 2.75) is 46.6 Å². The molecule has 0 fully saturated rings. The lowest BCUT2D eigenvalue weighted by atomic mass is 10.0. The van der Waals surface area contributed by atoms with E-state index in [2.05, 4.69) is 55.3 Å². The highest BCUT2D eigenvalue weighted by atomic mass is 16.5. The summed E-state index contributed by atoms with van der Waals surface area (Å²) in [6.45, 7) is 13.8. The van der Waals surface area contributed by atoms with E-state index in [0.29, 0.717) is 12.6 Å². The normalized spacial score (nSPS) is 12.6. The number of hydrogen-bond donors (Lipinski definition) is 1. The van der Waals surface area contributed by atoms with Crippen LogP contribution in [0.2, 0.25) is 0 Å². The van der Waals surface area contributed by atoms with Crippen molar-refractivity contribution in [2.75, 3.05) is 32.8 Å². The summed E-state index contributed by atoms with van der Waals surface area (Å²) in [5.74, 6) is 1.02. The fourth-order valence-electron chi connectivity index (χ4n) is 2.59. The molecule has 1 N–H and O–H groups in total. The van der Waals surface area contributed by atoms with Gasteiger partial charge in [0.05, 0.1) is 6.61 Å². The lowest BCUT2D eigenvalue weighted by Crippen LogP contribution is -2.30. The van der Waals surface area contributed by atoms with Crippen LogP contribution >= 0.6 is 0 Å². The van der Waals surface area contributed by atoms with Crippen LogP contribution in [0, 0.1) is 0 Å². The van der Waals surface area contributed by atoms with E-state index < -0.39 is 0 Å². The van der Waals surface area contributed by atoms with E-state index in [0.717, 1.165) is 44.8 Å². The molecule has 0 aliphatic carbocycles. The number of para-hydroxylation sites is 1. The summed E-state index contributed by atoms with van der Waals surface area (Å²) in [4.78, 5) is 2.48. The first-order chi connectivity index (χ1) is 10.3. The second kappa shape index (κ2) is 10.6. The first kappa shape index (κ1) is 18.0. The average molecular weight is 292 g/mol. The van der Waals surface area contributed by atoms with Crippen LogP contribution in [0.4, 0.5) is 0 Å². The first-order valence-corrected chi connectivity index (χ1v) is 8.44. The van der Waals surface area contributed by atoms with E-state index in [1.807, 2.05) is 6.92 Å². The standard InChI is InChI=1S/C18H32N2O/c1-5-14-19-17(13-15-20(6-2)7-3)16-11-9-10-12-18(16)21-8-4/h9-12,17,19H,5-8,13-15H2,1-4H3. The zero-order chi connectivity index (χ0) is 15.5. The van der Waals surface area contributed by atoms with E-state index in [4.69, 9.17) is 4.74 Å². The third-order valence-electron chi connectivity index (χ3n) is 3.86. The van der Waals surface area contributed by atoms with Crippen molar-refractivity contribution in [1.82, 2.24) is 10.2 Å². The molecule has 0 aromatic heterocycles. The summed E-state index contributed by atoms with van der Waals surface area (Å²) in [5, 5.41) is 3.68. The minimum Gasteiger partial charge on any atom is -0.494 e. The summed E-state index contributed by atoms with van der Waals surface area (Å²) >= 11 is 0. The van der Waals surface area contributed by atoms with Gasteiger partial charge in [0, 0.05) is 11.6 Å². The Kier molecular flexibility index (Phi) is 9.11. The van der Waals surface area contributed by atoms with Crippen molar-refractivity contribution in [3.8, 4) is 5.75 Å². The van der Waals surface area contributed by atoms with Crippen molar-refractivity contribution >= 4 is 0 Å². The summed E-state index contributed by atoms with van der Waals surface area (Å²) in [5.41, 5.74) is 1.29. The molecule has 0 aliphatic rings. The van der Waals surface area contributed by atoms with Gasteiger partial charge in [0.25, 0.3) is 0 Å². The van der Waals surface area contributed by atoms with Crippen LogP contribution < -0.4 is 10.1 Å². The monoisotopic (exact) mass is 292 g/mol. The maximum absolute atomic E-state index is 5.80. The van der Waals surface area contributed by atoms with E-state index in [-0.39, 0.29) is 0 Å². The van der Waals surface area contributed by atoms with Gasteiger partial charge in [0.1, 0.15) is 5.75 Å². The highest BCUT2D eigenvalue weighted by Gasteiger charge is 2.16. The molecule has 3 nitrogen and oxygen atoms in total. The third kappa shape index (κ3) is 6.06. The predicted molar refractivity (Wildman–Crippen MR) is 91.1 cm³/mol. The lowest BCUT2D eigenvalue weighted by molar-refractivity contribution is 0.277. The van der Waals surface area contributed by atoms with Gasteiger partial charge in [-0.05, 0) is 52.0 Å². The number of rotatable bonds is 11. The minimum absolute atomic E-state index is 0.369. The van der Waals surface area contributed by atoms with Crippen LogP contribution in [0.15, 0.2) is 24.3 Å². The smallest absolute Gasteiger partial charge is 0.124 e. The van der Waals surface area contributed by atoms with Crippen LogP contribution in [-0.2, 0) is 0 Å². The molecule has 1 unspecified atom stereocenters. The van der Waals surface area contributed by atoms with Gasteiger partial charge in [-0.25, -0.2) is 0 Å². The number of benzene rings is 1. The van der Waals surface area contributed by atoms with Crippen LogP contribution in [0.25, 0.3) is 0 Å². The van der Waals surface area contributed by atoms with Crippen LogP contribution in [0.1, 0.15) is 52.1 Å². The molecule has 0 aliphatic heterocycles. The average Bonchev–Trinajstić information content (AvgIpc) is 2.52. The molecule has 21 heavy (non-hydrogen) atoms. The molecule has 0 amide bonds. The molecule has 0 spiro atoms. The van der Waals surface area contributed by atoms with Gasteiger partial charge in [-0.2, -0.15) is 0 Å². The van der Waals surface area contributed by atoms with Crippen molar-refractivity contribution in [3.63, 3.8) is 0 Å². The Morgan fingerprint density at radius 1 is 1.10 bits per heavy atom. The molecule has 1 rings (SSSR count). The van der Waals surface area contributed by atoms with Crippen molar-refractivity contribution in [2.24, 2.45) is 0 Å². The molecule has 1 atom stereocenters. The SMILES string of the molecule is CCCNC(CCN(CC)CC)c1ccccc1OCC. The molecule has 0 saturated heterocycles. The van der Waals surface area contributed by atoms with Crippen LogP contribution in [0.3, 0.4) is 0 Å². The number of nitrogens with one attached hydrogen (secondary N) is 1. The van der Waals surface area contributed by atoms with Gasteiger partial charge < -0.3 is 15.0 Å². The number of nitrogens with zero attached hydrogens (tertiary/aromatic N) is 1. The molecule has 0 bridgehead atoms. The van der Waals surface area contributed by atoms with E-state index in [9.17, 15) is 0 Å². The summed E-state index contributed by atoms with van der Waals surface area (Å²) in [6, 6.07) is 8.80. The Morgan fingerprint density at radius 3 is 2.43 bits per heavy atom.